The van der Waals surface area contributed by atoms with E-state index in [0.717, 1.165) is 11.1 Å². The van der Waals surface area contributed by atoms with Gasteiger partial charge in [0.05, 0.1) is 11.9 Å². The summed E-state index contributed by atoms with van der Waals surface area (Å²) in [4.78, 5) is 16.7. The standard InChI is InChI=1S/C24H15F2N5OS/c25-21-9-14(5-7-28-21)18-10-17-20(11-30-18)32-19-4-3-13(15-2-1-6-29-22(15)26)8-16(19)24(17)12-33-23(27)31-24/h1-11H,12H2,(H2,27,31)/t24-/m0/s1. The van der Waals surface area contributed by atoms with E-state index in [1.807, 2.05) is 12.1 Å². The van der Waals surface area contributed by atoms with Gasteiger partial charge in [-0.3, -0.25) is 4.98 Å². The molecule has 162 valence electrons. The summed E-state index contributed by atoms with van der Waals surface area (Å²) in [5.41, 5.74) is 8.97. The van der Waals surface area contributed by atoms with Crippen LogP contribution in [0.3, 0.4) is 0 Å². The number of aromatic nitrogens is 3. The summed E-state index contributed by atoms with van der Waals surface area (Å²) in [7, 11) is 0. The number of hydrogen-bond donors (Lipinski definition) is 1. The highest BCUT2D eigenvalue weighted by Crippen LogP contribution is 2.54. The van der Waals surface area contributed by atoms with Gasteiger partial charge in [0.25, 0.3) is 0 Å². The molecule has 0 fully saturated rings. The van der Waals surface area contributed by atoms with Crippen molar-refractivity contribution in [1.82, 2.24) is 15.0 Å². The first kappa shape index (κ1) is 19.8. The van der Waals surface area contributed by atoms with Gasteiger partial charge in [0.2, 0.25) is 11.9 Å². The molecule has 2 N–H and O–H groups in total. The molecule has 6 nitrogen and oxygen atoms in total. The van der Waals surface area contributed by atoms with Crippen molar-refractivity contribution in [2.75, 3.05) is 5.75 Å². The van der Waals surface area contributed by atoms with E-state index in [-0.39, 0.29) is 0 Å². The summed E-state index contributed by atoms with van der Waals surface area (Å²) < 4.78 is 34.3. The highest BCUT2D eigenvalue weighted by molar-refractivity contribution is 8.14. The van der Waals surface area contributed by atoms with Crippen LogP contribution in [-0.2, 0) is 5.54 Å². The number of ether oxygens (including phenoxy) is 1. The minimum absolute atomic E-state index is 0.381. The molecule has 1 aromatic carbocycles. The van der Waals surface area contributed by atoms with Crippen molar-refractivity contribution < 1.29 is 13.5 Å². The lowest BCUT2D eigenvalue weighted by Crippen LogP contribution is -2.30. The molecule has 3 aromatic heterocycles. The van der Waals surface area contributed by atoms with Gasteiger partial charge in [0.1, 0.15) is 11.3 Å². The van der Waals surface area contributed by atoms with Crippen LogP contribution in [0.4, 0.5) is 8.78 Å². The smallest absolute Gasteiger partial charge is 0.220 e. The number of aliphatic imine (C=N–C) groups is 1. The Morgan fingerprint density at radius 1 is 0.909 bits per heavy atom. The molecule has 1 atom stereocenters. The first-order valence-corrected chi connectivity index (χ1v) is 11.1. The number of fused-ring (bicyclic) bond motifs is 4. The van der Waals surface area contributed by atoms with E-state index in [1.54, 1.807) is 36.5 Å². The van der Waals surface area contributed by atoms with Gasteiger partial charge >= 0.3 is 0 Å². The number of pyridine rings is 3. The molecule has 0 aliphatic carbocycles. The zero-order valence-electron chi connectivity index (χ0n) is 17.0. The van der Waals surface area contributed by atoms with Gasteiger partial charge in [-0.15, -0.1) is 0 Å². The molecule has 5 heterocycles. The van der Waals surface area contributed by atoms with Gasteiger partial charge in [-0.25, -0.2) is 15.0 Å². The summed E-state index contributed by atoms with van der Waals surface area (Å²) in [5.74, 6) is 0.526. The molecular formula is C24H15F2N5OS. The van der Waals surface area contributed by atoms with Gasteiger partial charge < -0.3 is 10.5 Å². The molecule has 6 rings (SSSR count). The fourth-order valence-corrected chi connectivity index (χ4v) is 5.20. The number of rotatable bonds is 2. The predicted octanol–water partition coefficient (Wildman–Crippen LogP) is 4.89. The van der Waals surface area contributed by atoms with E-state index >= 15 is 0 Å². The van der Waals surface area contributed by atoms with E-state index in [1.165, 1.54) is 30.2 Å². The third kappa shape index (κ3) is 3.15. The average molecular weight is 459 g/mol. The number of hydrogen-bond acceptors (Lipinski definition) is 7. The van der Waals surface area contributed by atoms with Crippen LogP contribution < -0.4 is 10.5 Å². The van der Waals surface area contributed by atoms with Gasteiger partial charge in [0.15, 0.2) is 10.9 Å². The minimum atomic E-state index is -0.852. The van der Waals surface area contributed by atoms with Crippen LogP contribution in [0.5, 0.6) is 11.5 Å². The molecule has 0 amide bonds. The second-order valence-corrected chi connectivity index (χ2v) is 8.68. The topological polar surface area (TPSA) is 86.3 Å². The van der Waals surface area contributed by atoms with Crippen LogP contribution in [-0.4, -0.2) is 25.9 Å². The molecule has 2 aliphatic heterocycles. The third-order valence-corrected chi connectivity index (χ3v) is 6.73. The Labute approximate surface area is 191 Å². The van der Waals surface area contributed by atoms with Gasteiger partial charge in [-0.05, 0) is 42.0 Å². The molecule has 0 saturated carbocycles. The third-order valence-electron chi connectivity index (χ3n) is 5.78. The van der Waals surface area contributed by atoms with Gasteiger partial charge in [-0.1, -0.05) is 17.8 Å². The first-order chi connectivity index (χ1) is 16.0. The maximum Gasteiger partial charge on any atom is 0.220 e. The highest BCUT2D eigenvalue weighted by atomic mass is 32.2. The maximum atomic E-state index is 14.4. The zero-order chi connectivity index (χ0) is 22.6. The summed E-state index contributed by atoms with van der Waals surface area (Å²) in [6.07, 6.45) is 4.41. The molecule has 0 radical (unpaired) electrons. The first-order valence-electron chi connectivity index (χ1n) is 10.1. The van der Waals surface area contributed by atoms with E-state index < -0.39 is 17.4 Å². The van der Waals surface area contributed by atoms with Crippen molar-refractivity contribution in [3.63, 3.8) is 0 Å². The quantitative estimate of drug-likeness (QED) is 0.430. The maximum absolute atomic E-state index is 14.4. The van der Waals surface area contributed by atoms with Crippen molar-refractivity contribution in [2.45, 2.75) is 5.54 Å². The Morgan fingerprint density at radius 3 is 2.58 bits per heavy atom. The van der Waals surface area contributed by atoms with Crippen molar-refractivity contribution in [1.29, 1.82) is 0 Å². The van der Waals surface area contributed by atoms with Crippen LogP contribution in [0.1, 0.15) is 11.1 Å². The van der Waals surface area contributed by atoms with Crippen molar-refractivity contribution in [3.05, 3.63) is 90.1 Å². The molecular weight excluding hydrogens is 444 g/mol. The molecule has 0 saturated heterocycles. The Hall–Kier alpha value is -3.85. The fraction of sp³-hybridized carbons (Fsp3) is 0.0833. The van der Waals surface area contributed by atoms with Crippen LogP contribution in [0, 0.1) is 11.9 Å². The van der Waals surface area contributed by atoms with Gasteiger partial charge in [0, 0.05) is 46.5 Å². The summed E-state index contributed by atoms with van der Waals surface area (Å²) >= 11 is 1.43. The number of benzene rings is 1. The summed E-state index contributed by atoms with van der Waals surface area (Å²) in [5, 5.41) is 0.445. The van der Waals surface area contributed by atoms with Crippen LogP contribution in [0.25, 0.3) is 22.4 Å². The van der Waals surface area contributed by atoms with Crippen molar-refractivity contribution in [2.24, 2.45) is 10.7 Å². The predicted molar refractivity (Wildman–Crippen MR) is 122 cm³/mol. The van der Waals surface area contributed by atoms with E-state index in [4.69, 9.17) is 15.5 Å². The van der Waals surface area contributed by atoms with E-state index in [9.17, 15) is 8.78 Å². The summed E-state index contributed by atoms with van der Waals surface area (Å²) in [6.45, 7) is 0. The number of nitrogens with two attached hydrogens (primary N) is 1. The Kier molecular flexibility index (Phi) is 4.41. The van der Waals surface area contributed by atoms with Crippen LogP contribution >= 0.6 is 11.8 Å². The normalized spacial score (nSPS) is 18.4. The average Bonchev–Trinajstić information content (AvgIpc) is 3.21. The monoisotopic (exact) mass is 459 g/mol. The van der Waals surface area contributed by atoms with Crippen LogP contribution in [0.15, 0.2) is 72.1 Å². The lowest BCUT2D eigenvalue weighted by Gasteiger charge is -2.34. The number of amidine groups is 1. The molecule has 0 bridgehead atoms. The molecule has 33 heavy (non-hydrogen) atoms. The van der Waals surface area contributed by atoms with Gasteiger partial charge in [-0.2, -0.15) is 8.78 Å². The van der Waals surface area contributed by atoms with Crippen molar-refractivity contribution >= 4 is 16.9 Å². The largest absolute Gasteiger partial charge is 0.455 e. The molecule has 1 spiro atoms. The lowest BCUT2D eigenvalue weighted by atomic mass is 9.81. The van der Waals surface area contributed by atoms with Crippen molar-refractivity contribution in [3.8, 4) is 33.9 Å². The van der Waals surface area contributed by atoms with E-state index in [0.29, 0.717) is 44.8 Å². The Balaban J connectivity index is 1.56. The second-order valence-electron chi connectivity index (χ2n) is 7.69. The number of thioether (sulfide) groups is 1. The lowest BCUT2D eigenvalue weighted by molar-refractivity contribution is 0.414. The molecule has 2 aliphatic rings. The van der Waals surface area contributed by atoms with E-state index in [2.05, 4.69) is 15.0 Å². The fourth-order valence-electron chi connectivity index (χ4n) is 4.25. The number of nitrogens with zero attached hydrogens (tertiary/aromatic N) is 4. The SMILES string of the molecule is NC1=N[C@@]2(CS1)c1cc(-c3cccnc3F)ccc1Oc1cnc(-c3ccnc(F)c3)cc12. The second kappa shape index (κ2) is 7.35. The Bertz CT molecular complexity index is 1460. The minimum Gasteiger partial charge on any atom is -0.455 e. The number of halogens is 2. The summed E-state index contributed by atoms with van der Waals surface area (Å²) in [6, 6.07) is 13.7. The Morgan fingerprint density at radius 2 is 1.79 bits per heavy atom. The molecule has 9 heteroatoms. The molecule has 0 unspecified atom stereocenters. The van der Waals surface area contributed by atoms with Crippen LogP contribution in [0.2, 0.25) is 0 Å². The zero-order valence-corrected chi connectivity index (χ0v) is 17.8. The highest BCUT2D eigenvalue weighted by Gasteiger charge is 2.46. The molecule has 4 aromatic rings.